The summed E-state index contributed by atoms with van der Waals surface area (Å²) in [6, 6.07) is 0. The lowest BCUT2D eigenvalue weighted by atomic mass is 9.72. The van der Waals surface area contributed by atoms with Crippen molar-refractivity contribution in [3.8, 4) is 0 Å². The van der Waals surface area contributed by atoms with Gasteiger partial charge in [0.2, 0.25) is 0 Å². The van der Waals surface area contributed by atoms with Crippen LogP contribution >= 0.6 is 0 Å². The molecular formula is C26H50N2. The molecule has 164 valence electrons. The zero-order valence-corrected chi connectivity index (χ0v) is 19.7. The molecule has 2 aliphatic heterocycles. The Bertz CT molecular complexity index is 430. The van der Waals surface area contributed by atoms with Crippen LogP contribution < -0.4 is 0 Å². The van der Waals surface area contributed by atoms with Gasteiger partial charge in [0.15, 0.2) is 0 Å². The predicted molar refractivity (Wildman–Crippen MR) is 125 cm³/mol. The van der Waals surface area contributed by atoms with Gasteiger partial charge >= 0.3 is 0 Å². The summed E-state index contributed by atoms with van der Waals surface area (Å²) in [7, 11) is 0. The summed E-state index contributed by atoms with van der Waals surface area (Å²) in [4.78, 5) is 5.60. The summed E-state index contributed by atoms with van der Waals surface area (Å²) in [5.74, 6) is 2.66. The van der Waals surface area contributed by atoms with Crippen molar-refractivity contribution in [2.75, 3.05) is 39.3 Å². The van der Waals surface area contributed by atoms with Crippen LogP contribution in [0.3, 0.4) is 0 Å². The lowest BCUT2D eigenvalue weighted by Gasteiger charge is -2.45. The molecule has 0 radical (unpaired) electrons. The van der Waals surface area contributed by atoms with Crippen LogP contribution in [0.2, 0.25) is 0 Å². The maximum atomic E-state index is 2.81. The van der Waals surface area contributed by atoms with Crippen molar-refractivity contribution >= 4 is 0 Å². The summed E-state index contributed by atoms with van der Waals surface area (Å²) in [5.41, 5.74) is 1.76. The van der Waals surface area contributed by atoms with Crippen molar-refractivity contribution in [2.45, 2.75) is 98.3 Å². The van der Waals surface area contributed by atoms with Crippen molar-refractivity contribution in [3.63, 3.8) is 0 Å². The lowest BCUT2D eigenvalue weighted by molar-refractivity contribution is 0.0695. The molecule has 2 aliphatic rings. The molecule has 2 heteroatoms. The number of likely N-dealkylation sites (tertiary alicyclic amines) is 1. The van der Waals surface area contributed by atoms with E-state index in [4.69, 9.17) is 0 Å². The Kier molecular flexibility index (Phi) is 11.8. The highest BCUT2D eigenvalue weighted by molar-refractivity contribution is 5.13. The molecule has 0 aromatic carbocycles. The molecule has 2 heterocycles. The normalized spacial score (nSPS) is 27.1. The number of hydrogen-bond acceptors (Lipinski definition) is 2. The fourth-order valence-electron chi connectivity index (χ4n) is 5.48. The third-order valence-electron chi connectivity index (χ3n) is 7.21. The second-order valence-electron chi connectivity index (χ2n) is 9.69. The highest BCUT2D eigenvalue weighted by Gasteiger charge is 2.35. The molecule has 0 aliphatic carbocycles. The maximum absolute atomic E-state index is 2.81. The van der Waals surface area contributed by atoms with E-state index in [0.717, 1.165) is 17.8 Å². The van der Waals surface area contributed by atoms with Crippen molar-refractivity contribution in [1.29, 1.82) is 0 Å². The number of unbranched alkanes of at least 4 members (excludes halogenated alkanes) is 4. The van der Waals surface area contributed by atoms with Crippen LogP contribution in [0, 0.1) is 17.8 Å². The molecule has 0 bridgehead atoms. The van der Waals surface area contributed by atoms with Crippen molar-refractivity contribution < 1.29 is 0 Å². The van der Waals surface area contributed by atoms with Gasteiger partial charge in [0, 0.05) is 19.6 Å². The zero-order chi connectivity index (χ0) is 20.2. The first-order valence-corrected chi connectivity index (χ1v) is 12.9. The monoisotopic (exact) mass is 390 g/mol. The van der Waals surface area contributed by atoms with Crippen LogP contribution in [0.4, 0.5) is 0 Å². The smallest absolute Gasteiger partial charge is 0.0193 e. The molecule has 0 N–H and O–H groups in total. The van der Waals surface area contributed by atoms with Crippen molar-refractivity contribution in [1.82, 2.24) is 9.80 Å². The first-order valence-electron chi connectivity index (χ1n) is 12.9. The van der Waals surface area contributed by atoms with E-state index in [1.807, 2.05) is 0 Å². The summed E-state index contributed by atoms with van der Waals surface area (Å²) in [6.07, 6.45) is 17.8. The number of hydrogen-bond donors (Lipinski definition) is 0. The van der Waals surface area contributed by atoms with E-state index in [-0.39, 0.29) is 0 Å². The Balaban J connectivity index is 2.07. The first kappa shape index (κ1) is 23.9. The van der Waals surface area contributed by atoms with E-state index in [9.17, 15) is 0 Å². The van der Waals surface area contributed by atoms with E-state index in [1.54, 1.807) is 5.57 Å². The molecule has 1 saturated heterocycles. The van der Waals surface area contributed by atoms with Crippen LogP contribution in [0.1, 0.15) is 98.3 Å². The highest BCUT2D eigenvalue weighted by Crippen LogP contribution is 2.37. The van der Waals surface area contributed by atoms with Crippen LogP contribution in [0.25, 0.3) is 0 Å². The second-order valence-corrected chi connectivity index (χ2v) is 9.69. The standard InChI is InChI=1S/C26H50N2/c1-5-9-13-23-19-25(22-28(20-23)17-12-8-4)26-15-18-27(16-11-7-3)21-24(26)14-10-6-2/h19,24-26H,5-18,20-22H2,1-4H3. The topological polar surface area (TPSA) is 6.48 Å². The quantitative estimate of drug-likeness (QED) is 0.320. The molecule has 0 saturated carbocycles. The molecule has 1 fully saturated rings. The Morgan fingerprint density at radius 1 is 0.821 bits per heavy atom. The van der Waals surface area contributed by atoms with Gasteiger partial charge in [-0.25, -0.2) is 0 Å². The molecule has 28 heavy (non-hydrogen) atoms. The molecular weight excluding hydrogens is 340 g/mol. The minimum atomic E-state index is 0.813. The van der Waals surface area contributed by atoms with E-state index in [1.165, 1.54) is 110 Å². The average Bonchev–Trinajstić information content (AvgIpc) is 2.73. The van der Waals surface area contributed by atoms with Gasteiger partial charge in [-0.2, -0.15) is 0 Å². The fraction of sp³-hybridized carbons (Fsp3) is 0.923. The molecule has 0 spiro atoms. The molecule has 3 unspecified atom stereocenters. The molecule has 2 nitrogen and oxygen atoms in total. The number of nitrogens with zero attached hydrogens (tertiary/aromatic N) is 2. The Morgan fingerprint density at radius 3 is 2.18 bits per heavy atom. The van der Waals surface area contributed by atoms with Gasteiger partial charge in [-0.05, 0) is 75.9 Å². The minimum absolute atomic E-state index is 0.813. The molecule has 0 aromatic rings. The van der Waals surface area contributed by atoms with E-state index >= 15 is 0 Å². The molecule has 2 rings (SSSR count). The Hall–Kier alpha value is -0.340. The maximum Gasteiger partial charge on any atom is 0.0193 e. The number of piperidine rings is 1. The van der Waals surface area contributed by atoms with Crippen LogP contribution in [0.5, 0.6) is 0 Å². The van der Waals surface area contributed by atoms with Crippen LogP contribution in [0.15, 0.2) is 11.6 Å². The molecule has 0 aromatic heterocycles. The summed E-state index contributed by atoms with van der Waals surface area (Å²) in [6.45, 7) is 17.3. The zero-order valence-electron chi connectivity index (χ0n) is 19.7. The number of rotatable bonds is 13. The first-order chi connectivity index (χ1) is 13.7. The largest absolute Gasteiger partial charge is 0.303 e. The third kappa shape index (κ3) is 7.82. The molecule has 3 atom stereocenters. The second kappa shape index (κ2) is 13.8. The third-order valence-corrected chi connectivity index (χ3v) is 7.21. The molecule has 0 amide bonds. The Morgan fingerprint density at radius 2 is 1.50 bits per heavy atom. The van der Waals surface area contributed by atoms with Crippen LogP contribution in [-0.4, -0.2) is 49.1 Å². The van der Waals surface area contributed by atoms with E-state index in [2.05, 4.69) is 43.6 Å². The SMILES string of the molecule is CCCCC1=CC(C2CCN(CCCC)CC2CCCC)CN(CCCC)C1. The van der Waals surface area contributed by atoms with Gasteiger partial charge in [0.05, 0.1) is 0 Å². The fourth-order valence-corrected chi connectivity index (χ4v) is 5.48. The lowest BCUT2D eigenvalue weighted by Crippen LogP contribution is -2.47. The average molecular weight is 391 g/mol. The summed E-state index contributed by atoms with van der Waals surface area (Å²) in [5, 5.41) is 0. The van der Waals surface area contributed by atoms with Crippen LogP contribution in [-0.2, 0) is 0 Å². The van der Waals surface area contributed by atoms with Gasteiger partial charge in [-0.3, -0.25) is 4.90 Å². The van der Waals surface area contributed by atoms with E-state index in [0.29, 0.717) is 0 Å². The van der Waals surface area contributed by atoms with Gasteiger partial charge in [-0.15, -0.1) is 0 Å². The summed E-state index contributed by atoms with van der Waals surface area (Å²) >= 11 is 0. The Labute approximate surface area is 177 Å². The van der Waals surface area contributed by atoms with Gasteiger partial charge < -0.3 is 4.90 Å². The summed E-state index contributed by atoms with van der Waals surface area (Å²) < 4.78 is 0. The minimum Gasteiger partial charge on any atom is -0.303 e. The van der Waals surface area contributed by atoms with Gasteiger partial charge in [0.25, 0.3) is 0 Å². The van der Waals surface area contributed by atoms with E-state index < -0.39 is 0 Å². The highest BCUT2D eigenvalue weighted by atomic mass is 15.1. The van der Waals surface area contributed by atoms with Crippen molar-refractivity contribution in [3.05, 3.63) is 11.6 Å². The predicted octanol–water partition coefficient (Wildman–Crippen LogP) is 6.76. The van der Waals surface area contributed by atoms with Gasteiger partial charge in [-0.1, -0.05) is 71.4 Å². The van der Waals surface area contributed by atoms with Gasteiger partial charge in [0.1, 0.15) is 0 Å². The van der Waals surface area contributed by atoms with Crippen molar-refractivity contribution in [2.24, 2.45) is 17.8 Å².